The number of amides is 1. The van der Waals surface area contributed by atoms with Crippen molar-refractivity contribution in [2.75, 3.05) is 40.3 Å². The second-order valence-electron chi connectivity index (χ2n) is 7.09. The predicted octanol–water partition coefficient (Wildman–Crippen LogP) is 2.54. The van der Waals surface area contributed by atoms with Gasteiger partial charge in [-0.2, -0.15) is 0 Å². The van der Waals surface area contributed by atoms with Gasteiger partial charge >= 0.3 is 0 Å². The molecule has 0 saturated carbocycles. The molecule has 1 heterocycles. The molecule has 0 atom stereocenters. The van der Waals surface area contributed by atoms with Crippen LogP contribution in [0.1, 0.15) is 37.7 Å². The first-order chi connectivity index (χ1) is 11.6. The first-order valence-electron chi connectivity index (χ1n) is 9.34. The summed E-state index contributed by atoms with van der Waals surface area (Å²) >= 11 is 0. The maximum Gasteiger partial charge on any atom is 0.224 e. The number of nitrogens with zero attached hydrogens (tertiary/aromatic N) is 2. The van der Waals surface area contributed by atoms with Gasteiger partial charge in [-0.3, -0.25) is 4.79 Å². The molecule has 0 aliphatic carbocycles. The lowest BCUT2D eigenvalue weighted by Gasteiger charge is -2.35. The van der Waals surface area contributed by atoms with Crippen molar-refractivity contribution in [3.63, 3.8) is 0 Å². The average Bonchev–Trinajstić information content (AvgIpc) is 2.59. The van der Waals surface area contributed by atoms with Gasteiger partial charge in [0.1, 0.15) is 0 Å². The van der Waals surface area contributed by atoms with Crippen LogP contribution in [0.3, 0.4) is 0 Å². The maximum absolute atomic E-state index is 11.9. The molecule has 1 amide bonds. The van der Waals surface area contributed by atoms with Crippen LogP contribution in [0.5, 0.6) is 0 Å². The van der Waals surface area contributed by atoms with Gasteiger partial charge in [0.25, 0.3) is 0 Å². The lowest BCUT2D eigenvalue weighted by Crippen LogP contribution is -2.42. The van der Waals surface area contributed by atoms with Crippen molar-refractivity contribution < 1.29 is 4.79 Å². The quantitative estimate of drug-likeness (QED) is 0.706. The zero-order chi connectivity index (χ0) is 17.2. The van der Waals surface area contributed by atoms with Gasteiger partial charge in [-0.1, -0.05) is 36.8 Å². The normalized spacial score (nSPS) is 16.5. The molecule has 0 unspecified atom stereocenters. The van der Waals surface area contributed by atoms with E-state index in [0.717, 1.165) is 24.6 Å². The molecule has 0 bridgehead atoms. The molecule has 1 fully saturated rings. The Morgan fingerprint density at radius 3 is 2.58 bits per heavy atom. The second kappa shape index (κ2) is 10.5. The van der Waals surface area contributed by atoms with Crippen molar-refractivity contribution in [1.29, 1.82) is 0 Å². The molecule has 1 aromatic rings. The van der Waals surface area contributed by atoms with Crippen molar-refractivity contribution in [2.24, 2.45) is 0 Å². The minimum atomic E-state index is 0.129. The Morgan fingerprint density at radius 2 is 1.88 bits per heavy atom. The van der Waals surface area contributed by atoms with Crippen LogP contribution in [-0.2, 0) is 11.2 Å². The highest BCUT2D eigenvalue weighted by Crippen LogP contribution is 2.14. The molecule has 0 radical (unpaired) electrons. The number of hydrogen-bond donors (Lipinski definition) is 1. The molecule has 1 saturated heterocycles. The van der Waals surface area contributed by atoms with E-state index in [1.807, 2.05) is 30.3 Å². The molecular weight excluding hydrogens is 298 g/mol. The van der Waals surface area contributed by atoms with Gasteiger partial charge in [0, 0.05) is 12.6 Å². The third-order valence-electron chi connectivity index (χ3n) is 5.03. The SMILES string of the molecule is CN1CCC(N(C)CCCCCNC(=O)Cc2ccccc2)CC1. The fourth-order valence-corrected chi connectivity index (χ4v) is 3.35. The fourth-order valence-electron chi connectivity index (χ4n) is 3.35. The van der Waals surface area contributed by atoms with E-state index < -0.39 is 0 Å². The molecule has 24 heavy (non-hydrogen) atoms. The molecule has 4 heteroatoms. The monoisotopic (exact) mass is 331 g/mol. The van der Waals surface area contributed by atoms with Crippen LogP contribution in [0.2, 0.25) is 0 Å². The van der Waals surface area contributed by atoms with Crippen LogP contribution < -0.4 is 5.32 Å². The fraction of sp³-hybridized carbons (Fsp3) is 0.650. The van der Waals surface area contributed by atoms with Gasteiger partial charge in [0.2, 0.25) is 5.91 Å². The van der Waals surface area contributed by atoms with Gasteiger partial charge in [0.15, 0.2) is 0 Å². The maximum atomic E-state index is 11.9. The predicted molar refractivity (Wildman–Crippen MR) is 100 cm³/mol. The van der Waals surface area contributed by atoms with Crippen molar-refractivity contribution >= 4 is 5.91 Å². The van der Waals surface area contributed by atoms with E-state index in [-0.39, 0.29) is 5.91 Å². The molecular formula is C20H33N3O. The van der Waals surface area contributed by atoms with Crippen LogP contribution in [0.15, 0.2) is 30.3 Å². The minimum Gasteiger partial charge on any atom is -0.356 e. The molecule has 0 aromatic heterocycles. The van der Waals surface area contributed by atoms with E-state index in [0.29, 0.717) is 6.42 Å². The summed E-state index contributed by atoms with van der Waals surface area (Å²) < 4.78 is 0. The topological polar surface area (TPSA) is 35.6 Å². The summed E-state index contributed by atoms with van der Waals surface area (Å²) in [7, 11) is 4.47. The third-order valence-corrected chi connectivity index (χ3v) is 5.03. The van der Waals surface area contributed by atoms with Crippen LogP contribution in [-0.4, -0.2) is 62.0 Å². The smallest absolute Gasteiger partial charge is 0.224 e. The average molecular weight is 332 g/mol. The minimum absolute atomic E-state index is 0.129. The summed E-state index contributed by atoms with van der Waals surface area (Å²) in [4.78, 5) is 16.8. The number of nitrogens with one attached hydrogen (secondary N) is 1. The first-order valence-corrected chi connectivity index (χ1v) is 9.34. The Bertz CT molecular complexity index is 469. The summed E-state index contributed by atoms with van der Waals surface area (Å²) in [6.07, 6.45) is 6.55. The summed E-state index contributed by atoms with van der Waals surface area (Å²) in [6, 6.07) is 10.7. The Kier molecular flexibility index (Phi) is 8.26. The second-order valence-corrected chi connectivity index (χ2v) is 7.09. The molecule has 2 rings (SSSR count). The Labute approximate surface area is 147 Å². The Balaban J connectivity index is 1.48. The number of carbonyl (C=O) groups is 1. The Hall–Kier alpha value is -1.39. The first kappa shape index (κ1) is 18.9. The van der Waals surface area contributed by atoms with Crippen LogP contribution in [0.4, 0.5) is 0 Å². The van der Waals surface area contributed by atoms with Crippen molar-refractivity contribution in [1.82, 2.24) is 15.1 Å². The van der Waals surface area contributed by atoms with E-state index in [4.69, 9.17) is 0 Å². The van der Waals surface area contributed by atoms with E-state index in [9.17, 15) is 4.79 Å². The van der Waals surface area contributed by atoms with Gasteiger partial charge < -0.3 is 15.1 Å². The molecule has 1 aromatic carbocycles. The van der Waals surface area contributed by atoms with Gasteiger partial charge in [-0.05, 0) is 65.0 Å². The summed E-state index contributed by atoms with van der Waals surface area (Å²) in [5, 5.41) is 3.03. The number of hydrogen-bond acceptors (Lipinski definition) is 3. The Morgan fingerprint density at radius 1 is 1.17 bits per heavy atom. The lowest BCUT2D eigenvalue weighted by molar-refractivity contribution is -0.120. The van der Waals surface area contributed by atoms with E-state index in [1.165, 1.54) is 45.3 Å². The number of likely N-dealkylation sites (tertiary alicyclic amines) is 1. The largest absolute Gasteiger partial charge is 0.356 e. The molecule has 1 N–H and O–H groups in total. The highest BCUT2D eigenvalue weighted by molar-refractivity contribution is 5.78. The van der Waals surface area contributed by atoms with Crippen LogP contribution in [0, 0.1) is 0 Å². The van der Waals surface area contributed by atoms with Crippen molar-refractivity contribution in [2.45, 2.75) is 44.6 Å². The highest BCUT2D eigenvalue weighted by Gasteiger charge is 2.19. The lowest BCUT2D eigenvalue weighted by atomic mass is 10.0. The molecule has 0 spiro atoms. The van der Waals surface area contributed by atoms with Crippen LogP contribution in [0.25, 0.3) is 0 Å². The van der Waals surface area contributed by atoms with Gasteiger partial charge in [-0.15, -0.1) is 0 Å². The van der Waals surface area contributed by atoms with E-state index in [1.54, 1.807) is 0 Å². The van der Waals surface area contributed by atoms with Gasteiger partial charge in [-0.25, -0.2) is 0 Å². The third kappa shape index (κ3) is 7.02. The molecule has 134 valence electrons. The zero-order valence-corrected chi connectivity index (χ0v) is 15.3. The zero-order valence-electron chi connectivity index (χ0n) is 15.3. The highest BCUT2D eigenvalue weighted by atomic mass is 16.1. The standard InChI is InChI=1S/C20H33N3O/c1-22-15-11-19(12-16-22)23(2)14-8-4-7-13-21-20(24)17-18-9-5-3-6-10-18/h3,5-6,9-10,19H,4,7-8,11-17H2,1-2H3,(H,21,24). The number of unbranched alkanes of at least 4 members (excludes halogenated alkanes) is 2. The number of carbonyl (C=O) groups excluding carboxylic acids is 1. The summed E-state index contributed by atoms with van der Waals surface area (Å²) in [5.74, 6) is 0.129. The van der Waals surface area contributed by atoms with Gasteiger partial charge in [0.05, 0.1) is 6.42 Å². The van der Waals surface area contributed by atoms with Crippen molar-refractivity contribution in [3.8, 4) is 0 Å². The summed E-state index contributed by atoms with van der Waals surface area (Å²) in [5.41, 5.74) is 1.08. The van der Waals surface area contributed by atoms with E-state index >= 15 is 0 Å². The molecule has 1 aliphatic rings. The van der Waals surface area contributed by atoms with Crippen LogP contribution >= 0.6 is 0 Å². The number of piperidine rings is 1. The number of benzene rings is 1. The molecule has 1 aliphatic heterocycles. The number of rotatable bonds is 9. The molecule has 4 nitrogen and oxygen atoms in total. The van der Waals surface area contributed by atoms with Crippen molar-refractivity contribution in [3.05, 3.63) is 35.9 Å². The van der Waals surface area contributed by atoms with E-state index in [2.05, 4.69) is 29.2 Å². The summed E-state index contributed by atoms with van der Waals surface area (Å²) in [6.45, 7) is 4.42.